The van der Waals surface area contributed by atoms with Crippen molar-refractivity contribution in [2.75, 3.05) is 25.5 Å². The van der Waals surface area contributed by atoms with Gasteiger partial charge in [0.2, 0.25) is 0 Å². The summed E-state index contributed by atoms with van der Waals surface area (Å²) in [6.07, 6.45) is 3.65. The number of hydrogen-bond acceptors (Lipinski definition) is 4. The predicted molar refractivity (Wildman–Crippen MR) is 110 cm³/mol. The molecule has 0 saturated carbocycles. The molecule has 26 heavy (non-hydrogen) atoms. The Labute approximate surface area is 158 Å². The molecule has 4 heteroatoms. The van der Waals surface area contributed by atoms with Gasteiger partial charge in [-0.1, -0.05) is 32.4 Å². The quantitative estimate of drug-likeness (QED) is 0.866. The topological polar surface area (TPSA) is 41.1 Å². The fourth-order valence-corrected chi connectivity index (χ4v) is 4.04. The number of nitrogens with one attached hydrogen (secondary N) is 1. The maximum absolute atomic E-state index is 4.82. The Hall–Kier alpha value is -1.94. The fraction of sp³-hybridized carbons (Fsp3) is 0.545. The average Bonchev–Trinajstić information content (AvgIpc) is 2.67. The van der Waals surface area contributed by atoms with E-state index < -0.39 is 0 Å². The standard InChI is InChI=1S/C22H32N4/c1-6-16-12-18(7-2)23-14-20(16)22-13-21(24-15(3)25-22)17-8-10-19(11-9-17)26(4)5/h8-11,13,16,18,20,23H,6-7,12,14H2,1-5H3/t16-,18?,20-/m0/s1. The highest BCUT2D eigenvalue weighted by Crippen LogP contribution is 2.34. The van der Waals surface area contributed by atoms with Gasteiger partial charge in [0.25, 0.3) is 0 Å². The lowest BCUT2D eigenvalue weighted by atomic mass is 9.78. The van der Waals surface area contributed by atoms with E-state index in [1.54, 1.807) is 0 Å². The van der Waals surface area contributed by atoms with Crippen LogP contribution in [-0.4, -0.2) is 36.6 Å². The Bertz CT molecular complexity index is 723. The number of rotatable bonds is 5. The maximum atomic E-state index is 4.82. The molecule has 2 heterocycles. The summed E-state index contributed by atoms with van der Waals surface area (Å²) in [6.45, 7) is 7.61. The van der Waals surface area contributed by atoms with Gasteiger partial charge in [-0.05, 0) is 43.9 Å². The van der Waals surface area contributed by atoms with E-state index in [9.17, 15) is 0 Å². The molecule has 0 spiro atoms. The van der Waals surface area contributed by atoms with Gasteiger partial charge in [-0.2, -0.15) is 0 Å². The molecule has 2 aromatic rings. The van der Waals surface area contributed by atoms with Gasteiger partial charge in [0, 0.05) is 49.5 Å². The average molecular weight is 353 g/mol. The van der Waals surface area contributed by atoms with E-state index >= 15 is 0 Å². The Morgan fingerprint density at radius 2 is 1.81 bits per heavy atom. The first-order valence-electron chi connectivity index (χ1n) is 9.88. The van der Waals surface area contributed by atoms with Crippen LogP contribution in [0.3, 0.4) is 0 Å². The van der Waals surface area contributed by atoms with Gasteiger partial charge in [-0.25, -0.2) is 9.97 Å². The third-order valence-corrected chi connectivity index (χ3v) is 5.72. The molecule has 1 saturated heterocycles. The van der Waals surface area contributed by atoms with Gasteiger partial charge >= 0.3 is 0 Å². The second-order valence-electron chi connectivity index (χ2n) is 7.69. The Morgan fingerprint density at radius 3 is 2.42 bits per heavy atom. The highest BCUT2D eigenvalue weighted by Gasteiger charge is 2.30. The van der Waals surface area contributed by atoms with Crippen LogP contribution in [-0.2, 0) is 0 Å². The Kier molecular flexibility index (Phi) is 5.92. The van der Waals surface area contributed by atoms with Crippen molar-refractivity contribution in [3.8, 4) is 11.3 Å². The number of aromatic nitrogens is 2. The molecule has 0 radical (unpaired) electrons. The lowest BCUT2D eigenvalue weighted by molar-refractivity contribution is 0.250. The van der Waals surface area contributed by atoms with Crippen molar-refractivity contribution in [2.24, 2.45) is 5.92 Å². The number of benzene rings is 1. The van der Waals surface area contributed by atoms with Gasteiger partial charge in [-0.15, -0.1) is 0 Å². The molecule has 0 amide bonds. The summed E-state index contributed by atoms with van der Waals surface area (Å²) in [5, 5.41) is 3.71. The van der Waals surface area contributed by atoms with E-state index in [0.29, 0.717) is 17.9 Å². The number of hydrogen-bond donors (Lipinski definition) is 1. The zero-order valence-electron chi connectivity index (χ0n) is 16.8. The minimum atomic E-state index is 0.476. The van der Waals surface area contributed by atoms with Gasteiger partial charge in [-0.3, -0.25) is 0 Å². The predicted octanol–water partition coefficient (Wildman–Crippen LogP) is 4.40. The summed E-state index contributed by atoms with van der Waals surface area (Å²) in [4.78, 5) is 11.6. The van der Waals surface area contributed by atoms with E-state index in [-0.39, 0.29) is 0 Å². The second kappa shape index (κ2) is 8.17. The second-order valence-corrected chi connectivity index (χ2v) is 7.69. The summed E-state index contributed by atoms with van der Waals surface area (Å²) in [7, 11) is 4.12. The van der Waals surface area contributed by atoms with Crippen LogP contribution < -0.4 is 10.2 Å². The van der Waals surface area contributed by atoms with Crippen molar-refractivity contribution in [3.05, 3.63) is 41.9 Å². The molecule has 140 valence electrons. The molecule has 4 nitrogen and oxygen atoms in total. The van der Waals surface area contributed by atoms with E-state index in [1.807, 2.05) is 6.92 Å². The molecule has 1 unspecified atom stereocenters. The van der Waals surface area contributed by atoms with Gasteiger partial charge in [0.05, 0.1) is 5.69 Å². The van der Waals surface area contributed by atoms with Crippen LogP contribution in [0.1, 0.15) is 50.5 Å². The van der Waals surface area contributed by atoms with Crippen LogP contribution in [0, 0.1) is 12.8 Å². The van der Waals surface area contributed by atoms with Crippen LogP contribution in [0.5, 0.6) is 0 Å². The Morgan fingerprint density at radius 1 is 1.08 bits per heavy atom. The van der Waals surface area contributed by atoms with Crippen LogP contribution >= 0.6 is 0 Å². The molecule has 0 bridgehead atoms. The lowest BCUT2D eigenvalue weighted by Gasteiger charge is -2.36. The highest BCUT2D eigenvalue weighted by molar-refractivity contribution is 5.63. The fourth-order valence-electron chi connectivity index (χ4n) is 4.04. The Balaban J connectivity index is 1.90. The third kappa shape index (κ3) is 4.07. The molecule has 1 N–H and O–H groups in total. The summed E-state index contributed by atoms with van der Waals surface area (Å²) >= 11 is 0. The number of anilines is 1. The SMILES string of the molecule is CCC1C[C@H](CC)[C@@H](c2cc(-c3ccc(N(C)C)cc3)nc(C)n2)CN1. The van der Waals surface area contributed by atoms with Gasteiger partial charge in [0.15, 0.2) is 0 Å². The number of aryl methyl sites for hydroxylation is 1. The molecule has 1 aliphatic rings. The molecule has 3 atom stereocenters. The van der Waals surface area contributed by atoms with Gasteiger partial charge < -0.3 is 10.2 Å². The van der Waals surface area contributed by atoms with E-state index in [0.717, 1.165) is 23.6 Å². The molecule has 1 aromatic heterocycles. The minimum Gasteiger partial charge on any atom is -0.378 e. The summed E-state index contributed by atoms with van der Waals surface area (Å²) in [5.74, 6) is 2.03. The van der Waals surface area contributed by atoms with Crippen LogP contribution in [0.2, 0.25) is 0 Å². The molecule has 0 aliphatic carbocycles. The van der Waals surface area contributed by atoms with E-state index in [1.165, 1.54) is 30.6 Å². The zero-order chi connectivity index (χ0) is 18.7. The first kappa shape index (κ1) is 18.8. The molecule has 1 aromatic carbocycles. The first-order valence-corrected chi connectivity index (χ1v) is 9.88. The van der Waals surface area contributed by atoms with Crippen molar-refractivity contribution in [2.45, 2.75) is 52.0 Å². The normalized spacial score (nSPS) is 23.0. The van der Waals surface area contributed by atoms with Crippen LogP contribution in [0.15, 0.2) is 30.3 Å². The van der Waals surface area contributed by atoms with Crippen LogP contribution in [0.25, 0.3) is 11.3 Å². The van der Waals surface area contributed by atoms with Crippen LogP contribution in [0.4, 0.5) is 5.69 Å². The molecule has 1 aliphatic heterocycles. The number of nitrogens with zero attached hydrogens (tertiary/aromatic N) is 3. The highest BCUT2D eigenvalue weighted by atomic mass is 15.1. The van der Waals surface area contributed by atoms with Gasteiger partial charge in [0.1, 0.15) is 5.82 Å². The van der Waals surface area contributed by atoms with Crippen molar-refractivity contribution in [3.63, 3.8) is 0 Å². The van der Waals surface area contributed by atoms with Crippen molar-refractivity contribution >= 4 is 5.69 Å². The maximum Gasteiger partial charge on any atom is 0.126 e. The minimum absolute atomic E-state index is 0.476. The molecular formula is C22H32N4. The summed E-state index contributed by atoms with van der Waals surface area (Å²) in [6, 6.07) is 11.5. The monoisotopic (exact) mass is 352 g/mol. The smallest absolute Gasteiger partial charge is 0.126 e. The third-order valence-electron chi connectivity index (χ3n) is 5.72. The molecule has 1 fully saturated rings. The van der Waals surface area contributed by atoms with Crippen molar-refractivity contribution < 1.29 is 0 Å². The lowest BCUT2D eigenvalue weighted by Crippen LogP contribution is -2.42. The molecule has 3 rings (SSSR count). The van der Waals surface area contributed by atoms with E-state index in [2.05, 4.69) is 68.5 Å². The number of piperidine rings is 1. The summed E-state index contributed by atoms with van der Waals surface area (Å²) < 4.78 is 0. The zero-order valence-corrected chi connectivity index (χ0v) is 16.8. The van der Waals surface area contributed by atoms with Crippen molar-refractivity contribution in [1.82, 2.24) is 15.3 Å². The van der Waals surface area contributed by atoms with Crippen molar-refractivity contribution in [1.29, 1.82) is 0 Å². The molecular weight excluding hydrogens is 320 g/mol. The largest absolute Gasteiger partial charge is 0.378 e. The van der Waals surface area contributed by atoms with E-state index in [4.69, 9.17) is 9.97 Å². The first-order chi connectivity index (χ1) is 12.5. The summed E-state index contributed by atoms with van der Waals surface area (Å²) in [5.41, 5.74) is 4.59.